The molecule has 0 amide bonds. The van der Waals surface area contributed by atoms with Gasteiger partial charge in [0, 0.05) is 53.3 Å². The van der Waals surface area contributed by atoms with E-state index in [1.807, 2.05) is 17.4 Å². The first kappa shape index (κ1) is 31.8. The van der Waals surface area contributed by atoms with Gasteiger partial charge in [-0.05, 0) is 111 Å². The number of hydrogen-bond acceptors (Lipinski definition) is 3. The summed E-state index contributed by atoms with van der Waals surface area (Å²) in [5.74, 6) is 0.703. The number of rotatable bonds is 4. The number of hydrogen-bond donors (Lipinski definition) is 0. The van der Waals surface area contributed by atoms with Gasteiger partial charge in [0.15, 0.2) is 5.82 Å². The number of benzene rings is 9. The molecule has 0 bridgehead atoms. The van der Waals surface area contributed by atoms with Crippen LogP contribution in [0.5, 0.6) is 0 Å². The topological polar surface area (TPSA) is 30.7 Å². The Kier molecular flexibility index (Phi) is 6.60. The normalized spacial score (nSPS) is 12.1. The van der Waals surface area contributed by atoms with Crippen molar-refractivity contribution in [3.05, 3.63) is 188 Å². The molecule has 0 aliphatic heterocycles. The lowest BCUT2D eigenvalue weighted by molar-refractivity contribution is 1.16. The van der Waals surface area contributed by atoms with Gasteiger partial charge in [-0.1, -0.05) is 121 Å². The van der Waals surface area contributed by atoms with Gasteiger partial charge in [0.05, 0.1) is 22.4 Å². The quantitative estimate of drug-likeness (QED) is 0.179. The van der Waals surface area contributed by atoms with Crippen LogP contribution in [0.25, 0.3) is 125 Å². The highest BCUT2D eigenvalue weighted by Crippen LogP contribution is 2.51. The van der Waals surface area contributed by atoms with Crippen LogP contribution in [0.1, 0.15) is 0 Å². The van der Waals surface area contributed by atoms with E-state index in [0.29, 0.717) is 5.82 Å². The molecule has 3 aromatic heterocycles. The molecule has 0 unspecified atom stereocenters. The van der Waals surface area contributed by atoms with Gasteiger partial charge in [-0.25, -0.2) is 9.97 Å². The third kappa shape index (κ3) is 4.61. The zero-order chi connectivity index (χ0) is 37.9. The van der Waals surface area contributed by atoms with Crippen LogP contribution in [-0.4, -0.2) is 14.5 Å². The van der Waals surface area contributed by atoms with E-state index in [4.69, 9.17) is 9.97 Å². The van der Waals surface area contributed by atoms with E-state index in [-0.39, 0.29) is 0 Å². The summed E-state index contributed by atoms with van der Waals surface area (Å²) in [6.07, 6.45) is 0. The molecule has 0 saturated heterocycles. The maximum absolute atomic E-state index is 5.20. The van der Waals surface area contributed by atoms with Crippen molar-refractivity contribution in [2.75, 3.05) is 0 Å². The van der Waals surface area contributed by atoms with E-state index in [1.165, 1.54) is 85.8 Å². The lowest BCUT2D eigenvalue weighted by Crippen LogP contribution is -1.97. The van der Waals surface area contributed by atoms with Crippen LogP contribution in [0.15, 0.2) is 188 Å². The largest absolute Gasteiger partial charge is 0.309 e. The van der Waals surface area contributed by atoms with E-state index < -0.39 is 0 Å². The van der Waals surface area contributed by atoms with E-state index >= 15 is 0 Å². The Balaban J connectivity index is 1.00. The summed E-state index contributed by atoms with van der Waals surface area (Å²) in [6, 6.07) is 68.3. The maximum Gasteiger partial charge on any atom is 0.160 e. The zero-order valence-corrected chi connectivity index (χ0v) is 32.0. The van der Waals surface area contributed by atoms with E-state index in [0.717, 1.165) is 33.8 Å². The standard InChI is InChI=1S/C54H31N3S/c1-2-11-33(12-3-1)45-31-46(37-21-20-32-10-4-5-13-36(32)28-37)56-54(55-45)35-22-25-38(26-23-35)57-47-18-9-17-41-43-30-50-44(39-15-6-7-19-49(39)58-50)29-42(43)40-16-8-14-34-24-27-48(57)53(51(34)40)52(41)47/h1-31H. The van der Waals surface area contributed by atoms with Crippen molar-refractivity contribution in [3.63, 3.8) is 0 Å². The first-order valence-electron chi connectivity index (χ1n) is 19.7. The Morgan fingerprint density at radius 3 is 1.91 bits per heavy atom. The van der Waals surface area contributed by atoms with Gasteiger partial charge < -0.3 is 4.57 Å². The van der Waals surface area contributed by atoms with Gasteiger partial charge in [0.2, 0.25) is 0 Å². The summed E-state index contributed by atoms with van der Waals surface area (Å²) < 4.78 is 5.09. The Morgan fingerprint density at radius 2 is 1.03 bits per heavy atom. The molecule has 0 fully saturated rings. The molecular weight excluding hydrogens is 723 g/mol. The summed E-state index contributed by atoms with van der Waals surface area (Å²) in [6.45, 7) is 0. The van der Waals surface area contributed by atoms with Gasteiger partial charge in [-0.15, -0.1) is 11.3 Å². The van der Waals surface area contributed by atoms with Gasteiger partial charge in [-0.3, -0.25) is 0 Å². The number of fused-ring (bicyclic) bond motifs is 7. The molecule has 0 radical (unpaired) electrons. The molecule has 0 spiro atoms. The monoisotopic (exact) mass is 753 g/mol. The van der Waals surface area contributed by atoms with Crippen LogP contribution in [0, 0.1) is 0 Å². The predicted octanol–water partition coefficient (Wildman–Crippen LogP) is 14.9. The van der Waals surface area contributed by atoms with Gasteiger partial charge in [-0.2, -0.15) is 0 Å². The lowest BCUT2D eigenvalue weighted by atomic mass is 9.92. The highest BCUT2D eigenvalue weighted by atomic mass is 32.1. The molecule has 13 rings (SSSR count). The van der Waals surface area contributed by atoms with E-state index in [1.54, 1.807) is 0 Å². The first-order chi connectivity index (χ1) is 28.7. The summed E-state index contributed by atoms with van der Waals surface area (Å²) in [5.41, 5.74) is 13.6. The Labute approximate surface area is 337 Å². The molecule has 0 N–H and O–H groups in total. The van der Waals surface area contributed by atoms with Gasteiger partial charge in [0.25, 0.3) is 0 Å². The molecular formula is C54H31N3S. The SMILES string of the molecule is c1ccc(-c2cc(-c3ccc4ccccc4c3)nc(-c3ccc(-n4c5cccc6c5c5c7c(cccc7ccc54)-c4cc5c(cc4-6)sc4ccccc45)cc3)n2)cc1. The smallest absolute Gasteiger partial charge is 0.160 e. The summed E-state index contributed by atoms with van der Waals surface area (Å²) in [5, 5.41) is 10.3. The molecule has 3 nitrogen and oxygen atoms in total. The summed E-state index contributed by atoms with van der Waals surface area (Å²) >= 11 is 1.89. The number of nitrogens with zero attached hydrogens (tertiary/aromatic N) is 3. The second kappa shape index (κ2) is 12.1. The first-order valence-corrected chi connectivity index (χ1v) is 20.5. The zero-order valence-electron chi connectivity index (χ0n) is 31.1. The van der Waals surface area contributed by atoms with Crippen LogP contribution in [0.4, 0.5) is 0 Å². The highest BCUT2D eigenvalue weighted by molar-refractivity contribution is 7.25. The fraction of sp³-hybridized carbons (Fsp3) is 0. The second-order valence-corrected chi connectivity index (χ2v) is 16.4. The minimum absolute atomic E-state index is 0.703. The molecule has 268 valence electrons. The predicted molar refractivity (Wildman–Crippen MR) is 245 cm³/mol. The Hall–Kier alpha value is -7.40. The molecule has 1 aliphatic rings. The molecule has 1 aliphatic carbocycles. The maximum atomic E-state index is 5.20. The Morgan fingerprint density at radius 1 is 0.362 bits per heavy atom. The van der Waals surface area contributed by atoms with Crippen molar-refractivity contribution < 1.29 is 0 Å². The molecule has 0 saturated carbocycles. The van der Waals surface area contributed by atoms with Gasteiger partial charge >= 0.3 is 0 Å². The second-order valence-electron chi connectivity index (χ2n) is 15.3. The van der Waals surface area contributed by atoms with Crippen molar-refractivity contribution in [1.29, 1.82) is 0 Å². The van der Waals surface area contributed by atoms with Crippen molar-refractivity contribution in [1.82, 2.24) is 14.5 Å². The van der Waals surface area contributed by atoms with Gasteiger partial charge in [0.1, 0.15) is 0 Å². The van der Waals surface area contributed by atoms with Crippen LogP contribution in [-0.2, 0) is 0 Å². The summed E-state index contributed by atoms with van der Waals surface area (Å²) in [4.78, 5) is 10.4. The van der Waals surface area contributed by atoms with E-state index in [2.05, 4.69) is 187 Å². The third-order valence-corrected chi connectivity index (χ3v) is 13.3. The molecule has 3 heterocycles. The lowest BCUT2D eigenvalue weighted by Gasteiger charge is -2.15. The fourth-order valence-electron chi connectivity index (χ4n) is 9.46. The molecule has 9 aromatic carbocycles. The Bertz CT molecular complexity index is 3670. The van der Waals surface area contributed by atoms with Crippen molar-refractivity contribution in [2.24, 2.45) is 0 Å². The fourth-order valence-corrected chi connectivity index (χ4v) is 10.6. The number of thiophene rings is 1. The average molecular weight is 754 g/mol. The van der Waals surface area contributed by atoms with E-state index in [9.17, 15) is 0 Å². The van der Waals surface area contributed by atoms with Crippen LogP contribution in [0.2, 0.25) is 0 Å². The third-order valence-electron chi connectivity index (χ3n) is 12.1. The minimum atomic E-state index is 0.703. The van der Waals surface area contributed by atoms with Crippen molar-refractivity contribution in [3.8, 4) is 61.8 Å². The molecule has 0 atom stereocenters. The summed E-state index contributed by atoms with van der Waals surface area (Å²) in [7, 11) is 0. The van der Waals surface area contributed by atoms with Crippen LogP contribution < -0.4 is 0 Å². The van der Waals surface area contributed by atoms with Crippen molar-refractivity contribution in [2.45, 2.75) is 0 Å². The molecule has 12 aromatic rings. The molecule has 4 heteroatoms. The van der Waals surface area contributed by atoms with Crippen LogP contribution in [0.3, 0.4) is 0 Å². The van der Waals surface area contributed by atoms with Crippen LogP contribution >= 0.6 is 11.3 Å². The van der Waals surface area contributed by atoms with Crippen molar-refractivity contribution >= 4 is 74.9 Å². The molecule has 58 heavy (non-hydrogen) atoms. The highest BCUT2D eigenvalue weighted by Gasteiger charge is 2.26. The average Bonchev–Trinajstić information content (AvgIpc) is 3.80. The number of aromatic nitrogens is 3. The minimum Gasteiger partial charge on any atom is -0.309 e.